The largest absolute Gasteiger partial charge is 0.492 e. The van der Waals surface area contributed by atoms with Crippen molar-refractivity contribution in [2.45, 2.75) is 37.5 Å². The summed E-state index contributed by atoms with van der Waals surface area (Å²) in [4.78, 5) is 47.0. The molecule has 4 rings (SSSR count). The highest BCUT2D eigenvalue weighted by atomic mass is 16.5. The number of imide groups is 1. The number of likely N-dealkylation sites (tertiary alicyclic amines) is 2. The minimum absolute atomic E-state index is 0.0255. The Bertz CT molecular complexity index is 1000. The van der Waals surface area contributed by atoms with Gasteiger partial charge in [-0.3, -0.25) is 24.3 Å². The molecular formula is C26H31N3O5. The zero-order valence-corrected chi connectivity index (χ0v) is 19.3. The predicted molar refractivity (Wildman–Crippen MR) is 125 cm³/mol. The van der Waals surface area contributed by atoms with Gasteiger partial charge in [0, 0.05) is 45.3 Å². The summed E-state index contributed by atoms with van der Waals surface area (Å²) in [5.74, 6) is -0.0508. The van der Waals surface area contributed by atoms with Crippen molar-refractivity contribution in [1.82, 2.24) is 14.8 Å². The molecule has 8 heteroatoms. The first-order valence-corrected chi connectivity index (χ1v) is 11.9. The molecule has 0 bridgehead atoms. The highest BCUT2D eigenvalue weighted by Crippen LogP contribution is 2.40. The van der Waals surface area contributed by atoms with E-state index in [4.69, 9.17) is 4.74 Å². The first-order chi connectivity index (χ1) is 16.5. The topological polar surface area (TPSA) is 100 Å². The average molecular weight is 466 g/mol. The number of aliphatic hydroxyl groups excluding tert-OH is 1. The molecule has 180 valence electrons. The maximum atomic E-state index is 13.7. The van der Waals surface area contributed by atoms with Crippen LogP contribution in [0.2, 0.25) is 0 Å². The number of carbonyl (C=O) groups is 3. The van der Waals surface area contributed by atoms with Gasteiger partial charge in [0.15, 0.2) is 0 Å². The lowest BCUT2D eigenvalue weighted by atomic mass is 9.75. The zero-order valence-electron chi connectivity index (χ0n) is 19.3. The van der Waals surface area contributed by atoms with E-state index < -0.39 is 5.41 Å². The molecule has 34 heavy (non-hydrogen) atoms. The molecule has 1 N–H and O–H groups in total. The number of benzene rings is 1. The number of ether oxygens (including phenoxy) is 1. The van der Waals surface area contributed by atoms with Gasteiger partial charge < -0.3 is 14.7 Å². The molecule has 8 nitrogen and oxygen atoms in total. The molecule has 2 aromatic rings. The van der Waals surface area contributed by atoms with Crippen LogP contribution in [0.3, 0.4) is 0 Å². The Morgan fingerprint density at radius 1 is 1.18 bits per heavy atom. The third-order valence-corrected chi connectivity index (χ3v) is 6.75. The van der Waals surface area contributed by atoms with Crippen LogP contribution in [-0.4, -0.2) is 70.5 Å². The van der Waals surface area contributed by atoms with Crippen LogP contribution in [0, 0.1) is 5.92 Å². The molecule has 2 saturated heterocycles. The van der Waals surface area contributed by atoms with E-state index >= 15 is 0 Å². The van der Waals surface area contributed by atoms with Crippen molar-refractivity contribution in [2.24, 2.45) is 5.92 Å². The van der Waals surface area contributed by atoms with Crippen LogP contribution < -0.4 is 4.74 Å². The van der Waals surface area contributed by atoms with Gasteiger partial charge in [-0.2, -0.15) is 0 Å². The zero-order chi connectivity index (χ0) is 24.0. The van der Waals surface area contributed by atoms with Gasteiger partial charge in [0.25, 0.3) is 0 Å². The van der Waals surface area contributed by atoms with E-state index in [0.717, 1.165) is 12.8 Å². The summed E-state index contributed by atoms with van der Waals surface area (Å²) in [5, 5.41) is 9.53. The molecule has 2 fully saturated rings. The Morgan fingerprint density at radius 2 is 2.00 bits per heavy atom. The lowest BCUT2D eigenvalue weighted by Gasteiger charge is -2.35. The summed E-state index contributed by atoms with van der Waals surface area (Å²) < 4.78 is 5.64. The molecule has 0 unspecified atom stereocenters. The summed E-state index contributed by atoms with van der Waals surface area (Å²) in [6, 6.07) is 12.7. The van der Waals surface area contributed by atoms with Crippen molar-refractivity contribution in [1.29, 1.82) is 0 Å². The van der Waals surface area contributed by atoms with E-state index in [1.807, 2.05) is 30.3 Å². The smallest absolute Gasteiger partial charge is 0.240 e. The Morgan fingerprint density at radius 3 is 2.74 bits per heavy atom. The molecular weight excluding hydrogens is 434 g/mol. The lowest BCUT2D eigenvalue weighted by molar-refractivity contribution is -0.143. The fourth-order valence-electron chi connectivity index (χ4n) is 4.91. The van der Waals surface area contributed by atoms with Gasteiger partial charge in [0.1, 0.15) is 5.75 Å². The Kier molecular flexibility index (Phi) is 7.57. The van der Waals surface area contributed by atoms with Crippen molar-refractivity contribution in [2.75, 3.05) is 32.8 Å². The van der Waals surface area contributed by atoms with Crippen molar-refractivity contribution in [3.63, 3.8) is 0 Å². The van der Waals surface area contributed by atoms with E-state index in [-0.39, 0.29) is 49.6 Å². The number of hydrogen-bond acceptors (Lipinski definition) is 6. The molecule has 3 amide bonds. The van der Waals surface area contributed by atoms with Crippen LogP contribution in [0.5, 0.6) is 5.75 Å². The molecule has 0 aliphatic carbocycles. The van der Waals surface area contributed by atoms with Crippen molar-refractivity contribution < 1.29 is 24.2 Å². The van der Waals surface area contributed by atoms with Gasteiger partial charge in [-0.25, -0.2) is 0 Å². The molecule has 1 aromatic heterocycles. The first-order valence-electron chi connectivity index (χ1n) is 11.9. The third-order valence-electron chi connectivity index (χ3n) is 6.75. The monoisotopic (exact) mass is 465 g/mol. The first kappa shape index (κ1) is 23.9. The fraction of sp³-hybridized carbons (Fsp3) is 0.462. The van der Waals surface area contributed by atoms with E-state index in [0.29, 0.717) is 37.4 Å². The second-order valence-electron chi connectivity index (χ2n) is 9.07. The van der Waals surface area contributed by atoms with Gasteiger partial charge in [-0.05, 0) is 42.9 Å². The highest BCUT2D eigenvalue weighted by molar-refractivity contribution is 6.10. The molecule has 2 aliphatic heterocycles. The molecule has 3 heterocycles. The Hall–Kier alpha value is -3.26. The Labute approximate surface area is 199 Å². The van der Waals surface area contributed by atoms with E-state index in [1.54, 1.807) is 29.4 Å². The fourth-order valence-corrected chi connectivity index (χ4v) is 4.91. The number of rotatable bonds is 9. The van der Waals surface area contributed by atoms with Crippen LogP contribution in [-0.2, 0) is 19.8 Å². The normalized spacial score (nSPS) is 22.8. The second-order valence-corrected chi connectivity index (χ2v) is 9.07. The number of nitrogens with zero attached hydrogens (tertiary/aromatic N) is 3. The number of carbonyl (C=O) groups excluding carboxylic acids is 3. The van der Waals surface area contributed by atoms with Gasteiger partial charge in [-0.1, -0.05) is 30.3 Å². The molecule has 2 atom stereocenters. The summed E-state index contributed by atoms with van der Waals surface area (Å²) in [6.07, 6.45) is 5.38. The number of aromatic nitrogens is 1. The van der Waals surface area contributed by atoms with Gasteiger partial charge in [0.2, 0.25) is 17.7 Å². The molecule has 0 spiro atoms. The van der Waals surface area contributed by atoms with E-state index in [1.165, 1.54) is 4.90 Å². The number of amides is 3. The summed E-state index contributed by atoms with van der Waals surface area (Å²) in [5.41, 5.74) is -0.516. The minimum Gasteiger partial charge on any atom is -0.492 e. The quantitative estimate of drug-likeness (QED) is 0.450. The van der Waals surface area contributed by atoms with Crippen molar-refractivity contribution in [3.05, 3.63) is 60.4 Å². The maximum absolute atomic E-state index is 13.7. The Balaban J connectivity index is 1.47. The SMILES string of the molecule is O=C(C[C@]1(c2ccccc2)CC(=O)N(CCCOc2cccnc2)C1=O)N1CCC[C@H](CO)C1. The van der Waals surface area contributed by atoms with Crippen LogP contribution in [0.4, 0.5) is 0 Å². The summed E-state index contributed by atoms with van der Waals surface area (Å²) in [6.45, 7) is 1.71. The van der Waals surface area contributed by atoms with Crippen LogP contribution >= 0.6 is 0 Å². The van der Waals surface area contributed by atoms with Crippen LogP contribution in [0.25, 0.3) is 0 Å². The van der Waals surface area contributed by atoms with Crippen LogP contribution in [0.15, 0.2) is 54.9 Å². The summed E-state index contributed by atoms with van der Waals surface area (Å²) in [7, 11) is 0. The number of piperidine rings is 1. The van der Waals surface area contributed by atoms with Crippen molar-refractivity contribution >= 4 is 17.7 Å². The van der Waals surface area contributed by atoms with Crippen molar-refractivity contribution in [3.8, 4) is 5.75 Å². The molecule has 0 radical (unpaired) electrons. The number of hydrogen-bond donors (Lipinski definition) is 1. The minimum atomic E-state index is -1.20. The standard InChI is InChI=1S/C26H31N3O5/c30-19-20-7-5-12-28(18-20)23(31)15-26(21-8-2-1-3-9-21)16-24(32)29(25(26)33)13-6-14-34-22-10-4-11-27-17-22/h1-4,8-11,17,20,30H,5-7,12-16,18-19H2/t20-,26+/m0/s1. The van der Waals surface area contributed by atoms with Gasteiger partial charge in [0.05, 0.1) is 18.2 Å². The second kappa shape index (κ2) is 10.8. The maximum Gasteiger partial charge on any atom is 0.240 e. The predicted octanol–water partition coefficient (Wildman–Crippen LogP) is 2.17. The molecule has 2 aliphatic rings. The van der Waals surface area contributed by atoms with Crippen LogP contribution in [0.1, 0.15) is 37.7 Å². The average Bonchev–Trinajstić information content (AvgIpc) is 3.12. The van der Waals surface area contributed by atoms with E-state index in [9.17, 15) is 19.5 Å². The van der Waals surface area contributed by atoms with Gasteiger partial charge in [-0.15, -0.1) is 0 Å². The molecule has 1 aromatic carbocycles. The number of aliphatic hydroxyl groups is 1. The van der Waals surface area contributed by atoms with E-state index in [2.05, 4.69) is 4.98 Å². The van der Waals surface area contributed by atoms with Gasteiger partial charge >= 0.3 is 0 Å². The molecule has 0 saturated carbocycles. The highest BCUT2D eigenvalue weighted by Gasteiger charge is 2.54. The summed E-state index contributed by atoms with van der Waals surface area (Å²) >= 11 is 0. The third kappa shape index (κ3) is 5.12. The number of pyridine rings is 1. The lowest BCUT2D eigenvalue weighted by Crippen LogP contribution is -2.46.